The summed E-state index contributed by atoms with van der Waals surface area (Å²) >= 11 is 0. The van der Waals surface area contributed by atoms with Gasteiger partial charge in [0, 0.05) is 17.1 Å². The SMILES string of the molecule is c1ccc(-c2ccc(N(c3ccccc3)c3ccc4c(c3)-c3c(cc5c(c3-c3ccccc3)-c3ccccc3C5(c3ccccc3)c3ccccc3)C43c4ccccc4-c4ccccc43)cc2)cc1. The maximum absolute atomic E-state index is 2.66. The second-order valence-corrected chi connectivity index (χ2v) is 18.6. The molecule has 14 rings (SSSR count). The molecule has 0 amide bonds. The third-order valence-corrected chi connectivity index (χ3v) is 15.3. The summed E-state index contributed by atoms with van der Waals surface area (Å²) in [6.07, 6.45) is 0. The molecule has 0 aromatic heterocycles. The lowest BCUT2D eigenvalue weighted by Gasteiger charge is -2.36. The van der Waals surface area contributed by atoms with Gasteiger partial charge in [-0.05, 0) is 137 Å². The van der Waals surface area contributed by atoms with E-state index in [4.69, 9.17) is 0 Å². The van der Waals surface area contributed by atoms with Crippen LogP contribution < -0.4 is 4.90 Å². The van der Waals surface area contributed by atoms with Gasteiger partial charge in [-0.25, -0.2) is 0 Å². The topological polar surface area (TPSA) is 3.24 Å². The summed E-state index contributed by atoms with van der Waals surface area (Å²) in [6.45, 7) is 0. The molecule has 0 radical (unpaired) electrons. The third-order valence-electron chi connectivity index (χ3n) is 15.3. The Hall–Kier alpha value is -8.78. The van der Waals surface area contributed by atoms with Gasteiger partial charge in [0.05, 0.1) is 10.8 Å². The van der Waals surface area contributed by atoms with Crippen molar-refractivity contribution in [3.8, 4) is 55.6 Å². The van der Waals surface area contributed by atoms with Crippen molar-refractivity contribution in [3.63, 3.8) is 0 Å². The Balaban J connectivity index is 1.13. The fourth-order valence-electron chi connectivity index (χ4n) is 12.7. The van der Waals surface area contributed by atoms with Crippen LogP contribution in [-0.2, 0) is 10.8 Å². The van der Waals surface area contributed by atoms with Crippen molar-refractivity contribution in [3.05, 3.63) is 317 Å². The third kappa shape index (κ3) is 5.53. The number of nitrogens with zero attached hydrogens (tertiary/aromatic N) is 1. The molecular weight excluding hydrogens is 831 g/mol. The quantitative estimate of drug-likeness (QED) is 0.154. The molecule has 0 N–H and O–H groups in total. The summed E-state index contributed by atoms with van der Waals surface area (Å²) in [5, 5.41) is 0. The molecule has 0 saturated carbocycles. The predicted octanol–water partition coefficient (Wildman–Crippen LogP) is 17.2. The van der Waals surface area contributed by atoms with Crippen LogP contribution in [0, 0.1) is 0 Å². The van der Waals surface area contributed by atoms with E-state index in [2.05, 4.69) is 278 Å². The van der Waals surface area contributed by atoms with Gasteiger partial charge in [-0.1, -0.05) is 237 Å². The Morgan fingerprint density at radius 2 is 0.609 bits per heavy atom. The standard InChI is InChI=1S/C68H45N/c1-6-22-46(23-7-1)47-38-40-52(41-39-47)69(51-30-14-5-15-31-51)53-42-43-61-57(44-53)66-63(68(61)58-35-19-16-32-54(58)55-33-17-20-36-59(55)68)45-62-65(64(66)48-24-8-2-9-25-48)56-34-18-21-37-60(56)67(62,49-26-10-3-11-27-49)50-28-12-4-13-29-50/h1-45H. The zero-order valence-electron chi connectivity index (χ0n) is 37.9. The predicted molar refractivity (Wildman–Crippen MR) is 286 cm³/mol. The molecule has 1 nitrogen and oxygen atoms in total. The molecule has 69 heavy (non-hydrogen) atoms. The fraction of sp³-hybridized carbons (Fsp3) is 0.0294. The summed E-state index contributed by atoms with van der Waals surface area (Å²) in [5.41, 5.74) is 25.2. The van der Waals surface area contributed by atoms with Crippen LogP contribution in [0.5, 0.6) is 0 Å². The van der Waals surface area contributed by atoms with Gasteiger partial charge < -0.3 is 4.90 Å². The van der Waals surface area contributed by atoms with Crippen LogP contribution in [-0.4, -0.2) is 0 Å². The molecule has 3 aliphatic carbocycles. The lowest BCUT2D eigenvalue weighted by molar-refractivity contribution is 0.753. The lowest BCUT2D eigenvalue weighted by Crippen LogP contribution is -2.30. The Labute approximate surface area is 403 Å². The van der Waals surface area contributed by atoms with Crippen molar-refractivity contribution < 1.29 is 0 Å². The van der Waals surface area contributed by atoms with E-state index in [1.165, 1.54) is 100 Å². The Morgan fingerprint density at radius 3 is 1.19 bits per heavy atom. The molecule has 11 aromatic rings. The van der Waals surface area contributed by atoms with E-state index in [0.717, 1.165) is 17.1 Å². The van der Waals surface area contributed by atoms with Crippen LogP contribution in [0.15, 0.2) is 273 Å². The van der Waals surface area contributed by atoms with Gasteiger partial charge in [0.15, 0.2) is 0 Å². The van der Waals surface area contributed by atoms with Gasteiger partial charge in [-0.3, -0.25) is 0 Å². The molecule has 0 aliphatic heterocycles. The highest BCUT2D eigenvalue weighted by atomic mass is 15.1. The second-order valence-electron chi connectivity index (χ2n) is 18.6. The summed E-state index contributed by atoms with van der Waals surface area (Å²) in [6, 6.07) is 102. The number of benzene rings is 11. The molecule has 0 saturated heterocycles. The van der Waals surface area contributed by atoms with Crippen molar-refractivity contribution in [2.45, 2.75) is 10.8 Å². The minimum Gasteiger partial charge on any atom is -0.310 e. The van der Waals surface area contributed by atoms with Crippen molar-refractivity contribution in [2.24, 2.45) is 0 Å². The minimum absolute atomic E-state index is 0.595. The number of para-hydroxylation sites is 1. The average molecular weight is 876 g/mol. The van der Waals surface area contributed by atoms with E-state index in [0.29, 0.717) is 0 Å². The van der Waals surface area contributed by atoms with Crippen LogP contribution in [0.2, 0.25) is 0 Å². The summed E-state index contributed by atoms with van der Waals surface area (Å²) in [4.78, 5) is 2.43. The van der Waals surface area contributed by atoms with Crippen molar-refractivity contribution in [2.75, 3.05) is 4.90 Å². The van der Waals surface area contributed by atoms with Crippen LogP contribution in [0.1, 0.15) is 44.5 Å². The molecule has 322 valence electrons. The van der Waals surface area contributed by atoms with Gasteiger partial charge in [-0.2, -0.15) is 0 Å². The monoisotopic (exact) mass is 875 g/mol. The largest absolute Gasteiger partial charge is 0.310 e. The highest BCUT2D eigenvalue weighted by Crippen LogP contribution is 2.69. The van der Waals surface area contributed by atoms with E-state index < -0.39 is 10.8 Å². The molecule has 0 heterocycles. The normalized spacial score (nSPS) is 13.7. The van der Waals surface area contributed by atoms with E-state index in [1.54, 1.807) is 0 Å². The van der Waals surface area contributed by atoms with Crippen LogP contribution in [0.4, 0.5) is 17.1 Å². The van der Waals surface area contributed by atoms with Crippen molar-refractivity contribution in [1.29, 1.82) is 0 Å². The Bertz CT molecular complexity index is 3660. The lowest BCUT2D eigenvalue weighted by atomic mass is 9.65. The highest BCUT2D eigenvalue weighted by molar-refractivity contribution is 6.08. The number of anilines is 3. The molecule has 0 atom stereocenters. The average Bonchev–Trinajstić information content (AvgIpc) is 4.02. The van der Waals surface area contributed by atoms with Gasteiger partial charge >= 0.3 is 0 Å². The number of hydrogen-bond donors (Lipinski definition) is 0. The van der Waals surface area contributed by atoms with E-state index in [1.807, 2.05) is 0 Å². The summed E-state index contributed by atoms with van der Waals surface area (Å²) < 4.78 is 0. The number of fused-ring (bicyclic) bond motifs is 13. The summed E-state index contributed by atoms with van der Waals surface area (Å²) in [5.74, 6) is 0. The maximum atomic E-state index is 2.66. The second kappa shape index (κ2) is 15.4. The molecule has 11 aromatic carbocycles. The first kappa shape index (κ1) is 39.4. The molecule has 0 unspecified atom stereocenters. The minimum atomic E-state index is -0.599. The van der Waals surface area contributed by atoms with E-state index in [9.17, 15) is 0 Å². The first-order valence-corrected chi connectivity index (χ1v) is 24.1. The zero-order chi connectivity index (χ0) is 45.5. The Morgan fingerprint density at radius 1 is 0.217 bits per heavy atom. The van der Waals surface area contributed by atoms with Crippen molar-refractivity contribution >= 4 is 17.1 Å². The molecule has 1 heteroatoms. The van der Waals surface area contributed by atoms with Gasteiger partial charge in [0.2, 0.25) is 0 Å². The van der Waals surface area contributed by atoms with Crippen LogP contribution >= 0.6 is 0 Å². The number of rotatable bonds is 7. The number of hydrogen-bond acceptors (Lipinski definition) is 1. The smallest absolute Gasteiger partial charge is 0.0725 e. The molecular formula is C68H45N. The van der Waals surface area contributed by atoms with Gasteiger partial charge in [-0.15, -0.1) is 0 Å². The summed E-state index contributed by atoms with van der Waals surface area (Å²) in [7, 11) is 0. The van der Waals surface area contributed by atoms with E-state index in [-0.39, 0.29) is 0 Å². The van der Waals surface area contributed by atoms with E-state index >= 15 is 0 Å². The first-order chi connectivity index (χ1) is 34.3. The first-order valence-electron chi connectivity index (χ1n) is 24.1. The van der Waals surface area contributed by atoms with Crippen LogP contribution in [0.3, 0.4) is 0 Å². The van der Waals surface area contributed by atoms with Crippen LogP contribution in [0.25, 0.3) is 55.6 Å². The highest BCUT2D eigenvalue weighted by Gasteiger charge is 2.56. The zero-order valence-corrected chi connectivity index (χ0v) is 37.9. The van der Waals surface area contributed by atoms with Gasteiger partial charge in [0.25, 0.3) is 0 Å². The molecule has 1 spiro atoms. The fourth-order valence-corrected chi connectivity index (χ4v) is 12.7. The maximum Gasteiger partial charge on any atom is 0.0725 e. The Kier molecular flexibility index (Phi) is 8.78. The molecule has 0 fully saturated rings. The molecule has 3 aliphatic rings. The van der Waals surface area contributed by atoms with Gasteiger partial charge in [0.1, 0.15) is 0 Å². The molecule has 0 bridgehead atoms. The van der Waals surface area contributed by atoms with Crippen molar-refractivity contribution in [1.82, 2.24) is 0 Å².